The van der Waals surface area contributed by atoms with Crippen LogP contribution < -0.4 is 15.6 Å². The van der Waals surface area contributed by atoms with Gasteiger partial charge < -0.3 is 20.3 Å². The van der Waals surface area contributed by atoms with E-state index in [4.69, 9.17) is 4.74 Å². The van der Waals surface area contributed by atoms with E-state index in [-0.39, 0.29) is 42.3 Å². The third-order valence-electron chi connectivity index (χ3n) is 4.40. The van der Waals surface area contributed by atoms with E-state index in [0.717, 1.165) is 12.1 Å². The number of ether oxygens (including phenoxy) is 1. The van der Waals surface area contributed by atoms with Gasteiger partial charge in [-0.3, -0.25) is 9.36 Å². The highest BCUT2D eigenvalue weighted by molar-refractivity contribution is 5.77. The Kier molecular flexibility index (Phi) is 6.58. The first kappa shape index (κ1) is 21.6. The normalized spacial score (nSPS) is 13.3. The molecule has 3 aromatic rings. The summed E-state index contributed by atoms with van der Waals surface area (Å²) < 4.78 is 33.7. The number of anilines is 1. The van der Waals surface area contributed by atoms with Crippen LogP contribution in [0.2, 0.25) is 0 Å². The molecule has 0 bridgehead atoms. The van der Waals surface area contributed by atoms with E-state index in [9.17, 15) is 23.8 Å². The number of fused-ring (bicyclic) bond motifs is 1. The summed E-state index contributed by atoms with van der Waals surface area (Å²) in [5.74, 6) is -2.06. The largest absolute Gasteiger partial charge is 0.448 e. The van der Waals surface area contributed by atoms with Crippen molar-refractivity contribution in [3.8, 4) is 11.5 Å². The number of pyridine rings is 1. The standard InChI is InChI=1S/C20H22F2N4O4/c1-3-14(10-27)24-20-23-8-12-6-17(30-16-5-4-13(21)7-15(16)22)19(29)26(9-11(2)28)18(12)25-20/h4-8,11,14,27-28H,3,9-10H2,1-2H3,(H,23,24,25)/t11?,14-/m0/s1. The molecular formula is C20H22F2N4O4. The number of hydrogen-bond donors (Lipinski definition) is 3. The van der Waals surface area contributed by atoms with Crippen molar-refractivity contribution in [3.05, 3.63) is 52.5 Å². The van der Waals surface area contributed by atoms with Gasteiger partial charge in [0.1, 0.15) is 11.5 Å². The Balaban J connectivity index is 2.09. The summed E-state index contributed by atoms with van der Waals surface area (Å²) in [6.45, 7) is 3.18. The fourth-order valence-electron chi connectivity index (χ4n) is 2.84. The Labute approximate surface area is 170 Å². The van der Waals surface area contributed by atoms with Crippen molar-refractivity contribution in [2.24, 2.45) is 0 Å². The molecule has 1 aromatic carbocycles. The molecule has 0 amide bonds. The van der Waals surface area contributed by atoms with E-state index in [1.807, 2.05) is 6.92 Å². The summed E-state index contributed by atoms with van der Waals surface area (Å²) in [5, 5.41) is 22.6. The number of nitrogens with one attached hydrogen (secondary N) is 1. The second kappa shape index (κ2) is 9.14. The molecule has 0 spiro atoms. The van der Waals surface area contributed by atoms with Gasteiger partial charge in [0.25, 0.3) is 5.56 Å². The molecule has 160 valence electrons. The second-order valence-corrected chi connectivity index (χ2v) is 6.85. The molecular weight excluding hydrogens is 398 g/mol. The van der Waals surface area contributed by atoms with Gasteiger partial charge in [-0.05, 0) is 31.5 Å². The van der Waals surface area contributed by atoms with Crippen LogP contribution in [0.3, 0.4) is 0 Å². The Morgan fingerprint density at radius 2 is 2.03 bits per heavy atom. The molecule has 2 aromatic heterocycles. The van der Waals surface area contributed by atoms with Gasteiger partial charge in [-0.2, -0.15) is 4.98 Å². The highest BCUT2D eigenvalue weighted by Gasteiger charge is 2.17. The molecule has 30 heavy (non-hydrogen) atoms. The van der Waals surface area contributed by atoms with Crippen molar-refractivity contribution in [1.29, 1.82) is 0 Å². The van der Waals surface area contributed by atoms with Crippen LogP contribution >= 0.6 is 0 Å². The fourth-order valence-corrected chi connectivity index (χ4v) is 2.84. The molecule has 0 aliphatic carbocycles. The van der Waals surface area contributed by atoms with Gasteiger partial charge in [0.15, 0.2) is 17.3 Å². The Morgan fingerprint density at radius 1 is 1.27 bits per heavy atom. The molecule has 2 atom stereocenters. The van der Waals surface area contributed by atoms with Gasteiger partial charge in [-0.1, -0.05) is 6.92 Å². The second-order valence-electron chi connectivity index (χ2n) is 6.85. The number of rotatable bonds is 8. The maximum absolute atomic E-state index is 14.0. The van der Waals surface area contributed by atoms with Crippen LogP contribution in [0.5, 0.6) is 11.5 Å². The topological polar surface area (TPSA) is 110 Å². The highest BCUT2D eigenvalue weighted by Crippen LogP contribution is 2.25. The highest BCUT2D eigenvalue weighted by atomic mass is 19.1. The first-order chi connectivity index (χ1) is 14.3. The van der Waals surface area contributed by atoms with E-state index >= 15 is 0 Å². The third-order valence-corrected chi connectivity index (χ3v) is 4.40. The number of benzene rings is 1. The summed E-state index contributed by atoms with van der Waals surface area (Å²) in [6, 6.07) is 3.84. The molecule has 0 radical (unpaired) electrons. The van der Waals surface area contributed by atoms with Crippen LogP contribution in [0.1, 0.15) is 20.3 Å². The number of aliphatic hydroxyl groups is 2. The minimum Gasteiger partial charge on any atom is -0.448 e. The average Bonchev–Trinajstić information content (AvgIpc) is 2.71. The zero-order valence-electron chi connectivity index (χ0n) is 16.5. The van der Waals surface area contributed by atoms with Crippen molar-refractivity contribution in [1.82, 2.24) is 14.5 Å². The molecule has 0 saturated heterocycles. The van der Waals surface area contributed by atoms with Crippen molar-refractivity contribution in [2.75, 3.05) is 11.9 Å². The van der Waals surface area contributed by atoms with Gasteiger partial charge in [0.2, 0.25) is 5.95 Å². The van der Waals surface area contributed by atoms with Crippen molar-refractivity contribution in [3.63, 3.8) is 0 Å². The summed E-state index contributed by atoms with van der Waals surface area (Å²) in [6.07, 6.45) is 1.20. The lowest BCUT2D eigenvalue weighted by molar-refractivity contribution is 0.173. The smallest absolute Gasteiger partial charge is 0.295 e. The number of halogens is 2. The van der Waals surface area contributed by atoms with E-state index in [1.165, 1.54) is 23.8 Å². The third kappa shape index (κ3) is 4.71. The van der Waals surface area contributed by atoms with Crippen LogP contribution in [-0.2, 0) is 6.54 Å². The van der Waals surface area contributed by atoms with Crippen LogP contribution in [0.15, 0.2) is 35.3 Å². The Hall–Kier alpha value is -3.11. The number of aliphatic hydroxyl groups excluding tert-OH is 2. The predicted octanol–water partition coefficient (Wildman–Crippen LogP) is 2.43. The Bertz CT molecular complexity index is 1100. The maximum Gasteiger partial charge on any atom is 0.295 e. The van der Waals surface area contributed by atoms with Gasteiger partial charge >= 0.3 is 0 Å². The van der Waals surface area contributed by atoms with Gasteiger partial charge in [-0.15, -0.1) is 0 Å². The molecule has 1 unspecified atom stereocenters. The van der Waals surface area contributed by atoms with E-state index in [1.54, 1.807) is 0 Å². The molecule has 8 nitrogen and oxygen atoms in total. The number of nitrogens with zero attached hydrogens (tertiary/aromatic N) is 3. The molecule has 0 aliphatic heterocycles. The summed E-state index contributed by atoms with van der Waals surface area (Å²) in [7, 11) is 0. The first-order valence-electron chi connectivity index (χ1n) is 9.41. The molecule has 0 saturated carbocycles. The van der Waals surface area contributed by atoms with Crippen molar-refractivity contribution >= 4 is 17.0 Å². The lowest BCUT2D eigenvalue weighted by Crippen LogP contribution is -2.28. The van der Waals surface area contributed by atoms with Crippen molar-refractivity contribution < 1.29 is 23.7 Å². The summed E-state index contributed by atoms with van der Waals surface area (Å²) >= 11 is 0. The SMILES string of the molecule is CC[C@@H](CO)Nc1ncc2cc(Oc3ccc(F)cc3F)c(=O)n(CC(C)O)c2n1. The zero-order chi connectivity index (χ0) is 21.8. The Morgan fingerprint density at radius 3 is 2.67 bits per heavy atom. The van der Waals surface area contributed by atoms with Crippen LogP contribution in [0, 0.1) is 11.6 Å². The lowest BCUT2D eigenvalue weighted by atomic mass is 10.2. The molecule has 3 rings (SSSR count). The molecule has 0 aliphatic rings. The fraction of sp³-hybridized carbons (Fsp3) is 0.350. The monoisotopic (exact) mass is 420 g/mol. The molecule has 10 heteroatoms. The van der Waals surface area contributed by atoms with E-state index in [0.29, 0.717) is 17.9 Å². The first-order valence-corrected chi connectivity index (χ1v) is 9.41. The molecule has 3 N–H and O–H groups in total. The van der Waals surface area contributed by atoms with Crippen molar-refractivity contribution in [2.45, 2.75) is 39.0 Å². The average molecular weight is 420 g/mol. The van der Waals surface area contributed by atoms with Crippen LogP contribution in [0.4, 0.5) is 14.7 Å². The van der Waals surface area contributed by atoms with Gasteiger partial charge in [-0.25, -0.2) is 13.8 Å². The van der Waals surface area contributed by atoms with Crippen LogP contribution in [-0.4, -0.2) is 43.5 Å². The zero-order valence-corrected chi connectivity index (χ0v) is 16.5. The molecule has 0 fully saturated rings. The maximum atomic E-state index is 14.0. The van der Waals surface area contributed by atoms with Crippen LogP contribution in [0.25, 0.3) is 11.0 Å². The van der Waals surface area contributed by atoms with Gasteiger partial charge in [0, 0.05) is 17.6 Å². The number of hydrogen-bond acceptors (Lipinski definition) is 7. The lowest BCUT2D eigenvalue weighted by Gasteiger charge is -2.17. The van der Waals surface area contributed by atoms with Gasteiger partial charge in [0.05, 0.1) is 25.3 Å². The van der Waals surface area contributed by atoms with E-state index < -0.39 is 23.3 Å². The number of aromatic nitrogens is 3. The van der Waals surface area contributed by atoms with E-state index in [2.05, 4.69) is 15.3 Å². The summed E-state index contributed by atoms with van der Waals surface area (Å²) in [5.41, 5.74) is -0.413. The summed E-state index contributed by atoms with van der Waals surface area (Å²) in [4.78, 5) is 21.5. The minimum atomic E-state index is -0.956. The predicted molar refractivity (Wildman–Crippen MR) is 107 cm³/mol. The minimum absolute atomic E-state index is 0.0912. The molecule has 2 heterocycles. The quantitative estimate of drug-likeness (QED) is 0.513.